The molecule has 1 aliphatic heterocycles. The van der Waals surface area contributed by atoms with Gasteiger partial charge >= 0.3 is 12.4 Å². The van der Waals surface area contributed by atoms with Crippen LogP contribution in [0.3, 0.4) is 0 Å². The number of hydrogen-bond acceptors (Lipinski definition) is 6. The largest absolute Gasteiger partial charge is 0.573 e. The molecule has 3 amide bonds. The molecule has 0 bridgehead atoms. The molecular weight excluding hydrogens is 605 g/mol. The average Bonchev–Trinajstić information content (AvgIpc) is 3.75. The van der Waals surface area contributed by atoms with Gasteiger partial charge in [0, 0.05) is 11.6 Å². The van der Waals surface area contributed by atoms with E-state index in [1.165, 1.54) is 47.0 Å². The molecule has 45 heavy (non-hydrogen) atoms. The van der Waals surface area contributed by atoms with E-state index in [1.54, 1.807) is 4.90 Å². The van der Waals surface area contributed by atoms with Gasteiger partial charge in [0.25, 0.3) is 0 Å². The van der Waals surface area contributed by atoms with Crippen molar-refractivity contribution < 1.29 is 27.5 Å². The van der Waals surface area contributed by atoms with Crippen molar-refractivity contribution in [3.63, 3.8) is 0 Å². The lowest BCUT2D eigenvalue weighted by atomic mass is 9.96. The maximum absolute atomic E-state index is 12.9. The second-order valence-electron chi connectivity index (χ2n) is 11.0. The van der Waals surface area contributed by atoms with Gasteiger partial charge in [0.2, 0.25) is 5.91 Å². The van der Waals surface area contributed by atoms with Crippen LogP contribution in [0.2, 0.25) is 0 Å². The Kier molecular flexibility index (Phi) is 8.36. The lowest BCUT2D eigenvalue weighted by Gasteiger charge is -2.21. The van der Waals surface area contributed by atoms with Crippen LogP contribution in [0.25, 0.3) is 17.1 Å². The highest BCUT2D eigenvalue weighted by molar-refractivity contribution is 8.15. The summed E-state index contributed by atoms with van der Waals surface area (Å²) in [5.74, 6) is 0.571. The number of nitrogens with one attached hydrogen (secondary N) is 1. The number of carbonyl (C=O) groups excluding carboxylic acids is 2. The minimum atomic E-state index is -4.75. The summed E-state index contributed by atoms with van der Waals surface area (Å²) in [6.45, 7) is 3.88. The Hall–Kier alpha value is -4.65. The summed E-state index contributed by atoms with van der Waals surface area (Å²) in [5, 5.41) is 7.88. The summed E-state index contributed by atoms with van der Waals surface area (Å²) >= 11 is 1.27. The number of halogens is 3. The van der Waals surface area contributed by atoms with Gasteiger partial charge in [0.1, 0.15) is 12.1 Å². The van der Waals surface area contributed by atoms with E-state index in [4.69, 9.17) is 0 Å². The molecule has 9 nitrogen and oxygen atoms in total. The van der Waals surface area contributed by atoms with E-state index in [9.17, 15) is 22.8 Å². The number of urea groups is 1. The molecule has 2 atom stereocenters. The lowest BCUT2D eigenvalue weighted by molar-refractivity contribution is -0.274. The fourth-order valence-corrected chi connectivity index (χ4v) is 6.61. The number of amides is 3. The molecule has 0 radical (unpaired) electrons. The fourth-order valence-electron chi connectivity index (χ4n) is 5.76. The molecule has 1 saturated heterocycles. The number of amidine groups is 1. The Balaban J connectivity index is 1.06. The maximum Gasteiger partial charge on any atom is 0.573 e. The van der Waals surface area contributed by atoms with Crippen LogP contribution in [0.5, 0.6) is 5.75 Å². The van der Waals surface area contributed by atoms with Crippen molar-refractivity contribution in [2.45, 2.75) is 51.4 Å². The molecule has 3 aromatic carbocycles. The topological polar surface area (TPSA) is 102 Å². The first-order valence-electron chi connectivity index (χ1n) is 14.3. The number of alkyl halides is 3. The molecule has 2 heterocycles. The summed E-state index contributed by atoms with van der Waals surface area (Å²) in [4.78, 5) is 35.8. The molecule has 1 saturated carbocycles. The molecule has 4 aromatic rings. The Morgan fingerprint density at radius 3 is 2.42 bits per heavy atom. The number of carbonyl (C=O) groups is 2. The number of nitrogens with zero attached hydrogens (tertiary/aromatic N) is 5. The highest BCUT2D eigenvalue weighted by Crippen LogP contribution is 2.36. The van der Waals surface area contributed by atoms with Crippen molar-refractivity contribution >= 4 is 34.6 Å². The van der Waals surface area contributed by atoms with Crippen LogP contribution < -0.4 is 15.0 Å². The van der Waals surface area contributed by atoms with Crippen LogP contribution >= 0.6 is 11.8 Å². The number of benzene rings is 3. The quantitative estimate of drug-likeness (QED) is 0.247. The molecule has 13 heteroatoms. The number of para-hydroxylation sites is 1. The van der Waals surface area contributed by atoms with E-state index < -0.39 is 12.4 Å². The second-order valence-corrected chi connectivity index (χ2v) is 11.9. The highest BCUT2D eigenvalue weighted by Gasteiger charge is 2.33. The van der Waals surface area contributed by atoms with E-state index in [1.807, 2.05) is 56.3 Å². The van der Waals surface area contributed by atoms with E-state index >= 15 is 0 Å². The number of ether oxygens (including phenoxy) is 1. The summed E-state index contributed by atoms with van der Waals surface area (Å²) < 4.78 is 42.7. The molecule has 6 rings (SSSR count). The first kappa shape index (κ1) is 30.4. The van der Waals surface area contributed by atoms with Crippen molar-refractivity contribution in [3.8, 4) is 22.8 Å². The Morgan fingerprint density at radius 2 is 1.73 bits per heavy atom. The standard InChI is InChI=1S/C32H29F3N6O3S/c1-19-4-3-5-20(2)28(19)41-27(42)17-45-31(41)38-30(43)37-24-11-10-23(16-24)21-6-8-22(9-7-21)29-36-18-40(39-29)25-12-14-26(15-13-25)44-32(33,34)35/h3-9,12-15,18,23-24H,10-11,16-17H2,1-2H3,(H,37,43)/b38-31-. The van der Waals surface area contributed by atoms with Gasteiger partial charge in [-0.05, 0) is 80.0 Å². The van der Waals surface area contributed by atoms with E-state index in [0.29, 0.717) is 16.7 Å². The van der Waals surface area contributed by atoms with Gasteiger partial charge in [0.05, 0.1) is 17.1 Å². The molecule has 0 spiro atoms. The summed E-state index contributed by atoms with van der Waals surface area (Å²) in [6.07, 6.45) is -0.767. The number of hydrogen-bond donors (Lipinski definition) is 1. The first-order chi connectivity index (χ1) is 21.5. The highest BCUT2D eigenvalue weighted by atomic mass is 32.2. The second kappa shape index (κ2) is 12.4. The maximum atomic E-state index is 12.9. The third kappa shape index (κ3) is 6.88. The predicted octanol–water partition coefficient (Wildman–Crippen LogP) is 6.93. The van der Waals surface area contributed by atoms with Crippen LogP contribution in [0, 0.1) is 13.8 Å². The number of aliphatic imine (C=N–C) groups is 1. The smallest absolute Gasteiger partial charge is 0.406 e. The minimum Gasteiger partial charge on any atom is -0.406 e. The van der Waals surface area contributed by atoms with E-state index in [2.05, 4.69) is 25.1 Å². The molecule has 2 aliphatic rings. The van der Waals surface area contributed by atoms with Crippen molar-refractivity contribution in [1.82, 2.24) is 20.1 Å². The SMILES string of the molecule is Cc1cccc(C)c1N1C(=O)CS/C1=N\C(=O)NC1CCC(c2ccc(-c3ncn(-c4ccc(OC(F)(F)F)cc4)n3)cc2)C1. The van der Waals surface area contributed by atoms with Gasteiger partial charge in [-0.1, -0.05) is 54.2 Å². The molecule has 232 valence electrons. The number of rotatable bonds is 6. The zero-order chi connectivity index (χ0) is 31.7. The van der Waals surface area contributed by atoms with Crippen molar-refractivity contribution in [1.29, 1.82) is 0 Å². The van der Waals surface area contributed by atoms with Crippen molar-refractivity contribution in [2.75, 3.05) is 10.7 Å². The van der Waals surface area contributed by atoms with Gasteiger partial charge in [-0.3, -0.25) is 9.69 Å². The van der Waals surface area contributed by atoms with Crippen LogP contribution in [-0.4, -0.2) is 50.0 Å². The number of thioether (sulfide) groups is 1. The fraction of sp³-hybridized carbons (Fsp3) is 0.281. The van der Waals surface area contributed by atoms with Crippen molar-refractivity contribution in [3.05, 3.63) is 89.7 Å². The van der Waals surface area contributed by atoms with E-state index in [0.717, 1.165) is 47.2 Å². The average molecular weight is 635 g/mol. The van der Waals surface area contributed by atoms with E-state index in [-0.39, 0.29) is 29.4 Å². The molecule has 1 aromatic heterocycles. The van der Waals surface area contributed by atoms with Gasteiger partial charge < -0.3 is 10.1 Å². The first-order valence-corrected chi connectivity index (χ1v) is 15.3. The zero-order valence-electron chi connectivity index (χ0n) is 24.4. The third-order valence-electron chi connectivity index (χ3n) is 7.85. The molecule has 1 N–H and O–H groups in total. The summed E-state index contributed by atoms with van der Waals surface area (Å²) in [7, 11) is 0. The van der Waals surface area contributed by atoms with Gasteiger partial charge in [-0.25, -0.2) is 14.5 Å². The van der Waals surface area contributed by atoms with Crippen LogP contribution in [0.1, 0.15) is 41.9 Å². The summed E-state index contributed by atoms with van der Waals surface area (Å²) in [5.41, 5.74) is 5.14. The monoisotopic (exact) mass is 634 g/mol. The molecular formula is C32H29F3N6O3S. The van der Waals surface area contributed by atoms with Gasteiger partial charge in [-0.2, -0.15) is 4.99 Å². The normalized spacial score (nSPS) is 19.4. The van der Waals surface area contributed by atoms with Gasteiger partial charge in [0.15, 0.2) is 11.0 Å². The van der Waals surface area contributed by atoms with Crippen molar-refractivity contribution in [2.24, 2.45) is 4.99 Å². The number of aromatic nitrogens is 3. The van der Waals surface area contributed by atoms with Crippen LogP contribution in [0.4, 0.5) is 23.7 Å². The number of anilines is 1. The number of aryl methyl sites for hydroxylation is 2. The molecule has 1 aliphatic carbocycles. The van der Waals surface area contributed by atoms with Crippen LogP contribution in [0.15, 0.2) is 78.0 Å². The van der Waals surface area contributed by atoms with Crippen LogP contribution in [-0.2, 0) is 4.79 Å². The molecule has 2 fully saturated rings. The third-order valence-corrected chi connectivity index (χ3v) is 8.78. The Labute approximate surface area is 261 Å². The Bertz CT molecular complexity index is 1730. The predicted molar refractivity (Wildman–Crippen MR) is 166 cm³/mol. The van der Waals surface area contributed by atoms with Gasteiger partial charge in [-0.15, -0.1) is 18.3 Å². The zero-order valence-corrected chi connectivity index (χ0v) is 25.2. The Morgan fingerprint density at radius 1 is 1.02 bits per heavy atom. The molecule has 2 unspecified atom stereocenters. The minimum absolute atomic E-state index is 0.0347. The summed E-state index contributed by atoms with van der Waals surface area (Å²) in [6, 6.07) is 18.6. The lowest BCUT2D eigenvalue weighted by Crippen LogP contribution is -2.34.